The second-order valence-corrected chi connectivity index (χ2v) is 4.23. The van der Waals surface area contributed by atoms with E-state index in [0.29, 0.717) is 12.0 Å². The van der Waals surface area contributed by atoms with Crippen molar-refractivity contribution in [1.29, 1.82) is 5.26 Å². The van der Waals surface area contributed by atoms with Crippen LogP contribution in [0.5, 0.6) is 0 Å². The first-order valence-corrected chi connectivity index (χ1v) is 6.01. The molecule has 0 aromatic heterocycles. The SMILES string of the molecule is CN(C(=O)c1cccc(CC#N)c1)c1ccccc1. The van der Waals surface area contributed by atoms with Crippen molar-refractivity contribution in [2.24, 2.45) is 0 Å². The Labute approximate surface area is 112 Å². The Kier molecular flexibility index (Phi) is 3.94. The second-order valence-electron chi connectivity index (χ2n) is 4.23. The Morgan fingerprint density at radius 3 is 2.58 bits per heavy atom. The number of rotatable bonds is 3. The van der Waals surface area contributed by atoms with E-state index in [2.05, 4.69) is 6.07 Å². The summed E-state index contributed by atoms with van der Waals surface area (Å²) in [5.74, 6) is -0.0778. The second kappa shape index (κ2) is 5.83. The number of para-hydroxylation sites is 1. The highest BCUT2D eigenvalue weighted by atomic mass is 16.2. The molecule has 0 saturated carbocycles. The smallest absolute Gasteiger partial charge is 0.258 e. The number of carbonyl (C=O) groups excluding carboxylic acids is 1. The Bertz CT molecular complexity index is 614. The molecule has 0 unspecified atom stereocenters. The van der Waals surface area contributed by atoms with Gasteiger partial charge < -0.3 is 4.90 Å². The van der Waals surface area contributed by atoms with Crippen molar-refractivity contribution in [2.75, 3.05) is 11.9 Å². The zero-order valence-electron chi connectivity index (χ0n) is 10.7. The number of carbonyl (C=O) groups is 1. The van der Waals surface area contributed by atoms with Crippen molar-refractivity contribution in [1.82, 2.24) is 0 Å². The maximum atomic E-state index is 12.3. The van der Waals surface area contributed by atoms with Crippen LogP contribution in [0.3, 0.4) is 0 Å². The minimum Gasteiger partial charge on any atom is -0.311 e. The first-order valence-electron chi connectivity index (χ1n) is 6.01. The lowest BCUT2D eigenvalue weighted by Gasteiger charge is -2.17. The van der Waals surface area contributed by atoms with Crippen LogP contribution in [0.4, 0.5) is 5.69 Å². The number of nitrogens with zero attached hydrogens (tertiary/aromatic N) is 2. The van der Waals surface area contributed by atoms with Gasteiger partial charge in [0, 0.05) is 18.3 Å². The molecule has 2 aromatic rings. The normalized spacial score (nSPS) is 9.68. The topological polar surface area (TPSA) is 44.1 Å². The highest BCUT2D eigenvalue weighted by Crippen LogP contribution is 2.15. The van der Waals surface area contributed by atoms with Crippen LogP contribution < -0.4 is 4.90 Å². The molecular formula is C16H14N2O. The molecule has 1 amide bonds. The van der Waals surface area contributed by atoms with Crippen molar-refractivity contribution in [3.8, 4) is 6.07 Å². The highest BCUT2D eigenvalue weighted by molar-refractivity contribution is 6.05. The summed E-state index contributed by atoms with van der Waals surface area (Å²) in [6.45, 7) is 0. The highest BCUT2D eigenvalue weighted by Gasteiger charge is 2.13. The molecule has 19 heavy (non-hydrogen) atoms. The van der Waals surface area contributed by atoms with E-state index in [0.717, 1.165) is 11.3 Å². The Morgan fingerprint density at radius 1 is 1.16 bits per heavy atom. The lowest BCUT2D eigenvalue weighted by atomic mass is 10.1. The van der Waals surface area contributed by atoms with E-state index >= 15 is 0 Å². The van der Waals surface area contributed by atoms with Gasteiger partial charge in [-0.25, -0.2) is 0 Å². The third-order valence-corrected chi connectivity index (χ3v) is 2.91. The van der Waals surface area contributed by atoms with Crippen molar-refractivity contribution >= 4 is 11.6 Å². The van der Waals surface area contributed by atoms with Crippen LogP contribution in [0, 0.1) is 11.3 Å². The van der Waals surface area contributed by atoms with Gasteiger partial charge >= 0.3 is 0 Å². The molecule has 0 spiro atoms. The van der Waals surface area contributed by atoms with Gasteiger partial charge in [0.2, 0.25) is 0 Å². The summed E-state index contributed by atoms with van der Waals surface area (Å²) in [6, 6.07) is 18.7. The molecule has 0 aliphatic rings. The lowest BCUT2D eigenvalue weighted by molar-refractivity contribution is 0.0993. The van der Waals surface area contributed by atoms with Gasteiger partial charge in [-0.05, 0) is 29.8 Å². The van der Waals surface area contributed by atoms with Gasteiger partial charge in [0.15, 0.2) is 0 Å². The van der Waals surface area contributed by atoms with Gasteiger partial charge in [-0.15, -0.1) is 0 Å². The number of hydrogen-bond donors (Lipinski definition) is 0. The zero-order chi connectivity index (χ0) is 13.7. The minimum absolute atomic E-state index is 0.0778. The van der Waals surface area contributed by atoms with E-state index in [1.165, 1.54) is 0 Å². The van der Waals surface area contributed by atoms with E-state index in [9.17, 15) is 4.79 Å². The van der Waals surface area contributed by atoms with Crippen LogP contribution in [0.2, 0.25) is 0 Å². The summed E-state index contributed by atoms with van der Waals surface area (Å²) in [7, 11) is 1.74. The maximum Gasteiger partial charge on any atom is 0.258 e. The van der Waals surface area contributed by atoms with E-state index < -0.39 is 0 Å². The molecular weight excluding hydrogens is 236 g/mol. The van der Waals surface area contributed by atoms with Crippen molar-refractivity contribution < 1.29 is 4.79 Å². The average molecular weight is 250 g/mol. The first-order chi connectivity index (χ1) is 9.22. The van der Waals surface area contributed by atoms with Crippen molar-refractivity contribution in [3.63, 3.8) is 0 Å². The van der Waals surface area contributed by atoms with Gasteiger partial charge in [-0.2, -0.15) is 5.26 Å². The third-order valence-electron chi connectivity index (χ3n) is 2.91. The average Bonchev–Trinajstić information content (AvgIpc) is 2.47. The monoisotopic (exact) mass is 250 g/mol. The molecule has 0 atom stereocenters. The van der Waals surface area contributed by atoms with Crippen molar-refractivity contribution in [2.45, 2.75) is 6.42 Å². The van der Waals surface area contributed by atoms with Crippen LogP contribution in [0.1, 0.15) is 15.9 Å². The Hall–Kier alpha value is -2.60. The van der Waals surface area contributed by atoms with Gasteiger partial charge in [0.1, 0.15) is 0 Å². The largest absolute Gasteiger partial charge is 0.311 e. The summed E-state index contributed by atoms with van der Waals surface area (Å²) < 4.78 is 0. The molecule has 2 aromatic carbocycles. The molecule has 2 rings (SSSR count). The summed E-state index contributed by atoms with van der Waals surface area (Å²) in [5.41, 5.74) is 2.30. The van der Waals surface area contributed by atoms with Crippen LogP contribution >= 0.6 is 0 Å². The van der Waals surface area contributed by atoms with Gasteiger partial charge in [-0.1, -0.05) is 30.3 Å². The Balaban J connectivity index is 2.25. The summed E-state index contributed by atoms with van der Waals surface area (Å²) >= 11 is 0. The van der Waals surface area contributed by atoms with E-state index in [1.54, 1.807) is 30.1 Å². The molecule has 0 bridgehead atoms. The van der Waals surface area contributed by atoms with Gasteiger partial charge in [0.25, 0.3) is 5.91 Å². The molecule has 0 N–H and O–H groups in total. The number of anilines is 1. The molecule has 0 aliphatic carbocycles. The lowest BCUT2D eigenvalue weighted by Crippen LogP contribution is -2.26. The van der Waals surface area contributed by atoms with Gasteiger partial charge in [0.05, 0.1) is 12.5 Å². The van der Waals surface area contributed by atoms with Crippen LogP contribution in [-0.4, -0.2) is 13.0 Å². The number of benzene rings is 2. The predicted octanol–water partition coefficient (Wildman–Crippen LogP) is 3.03. The number of nitriles is 1. The van der Waals surface area contributed by atoms with Crippen LogP contribution in [0.25, 0.3) is 0 Å². The number of amides is 1. The fraction of sp³-hybridized carbons (Fsp3) is 0.125. The molecule has 94 valence electrons. The van der Waals surface area contributed by atoms with E-state index in [4.69, 9.17) is 5.26 Å². The summed E-state index contributed by atoms with van der Waals surface area (Å²) in [6.07, 6.45) is 0.316. The molecule has 3 nitrogen and oxygen atoms in total. The quantitative estimate of drug-likeness (QED) is 0.840. The standard InChI is InChI=1S/C16H14N2O/c1-18(15-8-3-2-4-9-15)16(19)14-7-5-6-13(12-14)10-11-17/h2-9,12H,10H2,1H3. The molecule has 0 heterocycles. The molecule has 0 saturated heterocycles. The first kappa shape index (κ1) is 12.8. The predicted molar refractivity (Wildman–Crippen MR) is 74.9 cm³/mol. The molecule has 3 heteroatoms. The molecule has 0 radical (unpaired) electrons. The summed E-state index contributed by atoms with van der Waals surface area (Å²) in [5, 5.41) is 8.69. The number of hydrogen-bond acceptors (Lipinski definition) is 2. The third kappa shape index (κ3) is 2.99. The maximum absolute atomic E-state index is 12.3. The molecule has 0 aliphatic heterocycles. The fourth-order valence-electron chi connectivity index (χ4n) is 1.87. The zero-order valence-corrected chi connectivity index (χ0v) is 10.7. The Morgan fingerprint density at radius 2 is 1.89 bits per heavy atom. The minimum atomic E-state index is -0.0778. The molecule has 0 fully saturated rings. The van der Waals surface area contributed by atoms with E-state index in [-0.39, 0.29) is 5.91 Å². The fourth-order valence-corrected chi connectivity index (χ4v) is 1.87. The van der Waals surface area contributed by atoms with Crippen molar-refractivity contribution in [3.05, 3.63) is 65.7 Å². The van der Waals surface area contributed by atoms with Crippen LogP contribution in [0.15, 0.2) is 54.6 Å². The van der Waals surface area contributed by atoms with Gasteiger partial charge in [-0.3, -0.25) is 4.79 Å². The van der Waals surface area contributed by atoms with Crippen LogP contribution in [-0.2, 0) is 6.42 Å². The summed E-state index contributed by atoms with van der Waals surface area (Å²) in [4.78, 5) is 13.9. The van der Waals surface area contributed by atoms with E-state index in [1.807, 2.05) is 36.4 Å².